The molecule has 0 aliphatic heterocycles. The molecule has 1 atom stereocenters. The third-order valence-electron chi connectivity index (χ3n) is 5.32. The van der Waals surface area contributed by atoms with Gasteiger partial charge in [0.15, 0.2) is 6.61 Å². The minimum atomic E-state index is -0.753. The van der Waals surface area contributed by atoms with Crippen LogP contribution in [0.2, 0.25) is 10.0 Å². The smallest absolute Gasteiger partial charge is 0.261 e. The highest BCUT2D eigenvalue weighted by Crippen LogP contribution is 2.24. The molecule has 3 rings (SSSR count). The Morgan fingerprint density at radius 3 is 2.36 bits per heavy atom. The predicted molar refractivity (Wildman–Crippen MR) is 132 cm³/mol. The second kappa shape index (κ2) is 11.7. The molecule has 3 aromatic rings. The van der Waals surface area contributed by atoms with E-state index in [1.54, 1.807) is 25.2 Å². The third-order valence-corrected chi connectivity index (χ3v) is 5.90. The van der Waals surface area contributed by atoms with Crippen LogP contribution < -0.4 is 10.1 Å². The molecular formula is C26H26Cl2N2O3. The summed E-state index contributed by atoms with van der Waals surface area (Å²) in [5.74, 6) is 0.0249. The van der Waals surface area contributed by atoms with E-state index in [0.717, 1.165) is 11.1 Å². The van der Waals surface area contributed by atoms with E-state index in [2.05, 4.69) is 5.32 Å². The molecule has 0 heterocycles. The molecule has 0 bridgehead atoms. The first kappa shape index (κ1) is 24.6. The molecule has 0 saturated carbocycles. The van der Waals surface area contributed by atoms with Gasteiger partial charge in [-0.25, -0.2) is 0 Å². The van der Waals surface area contributed by atoms with Gasteiger partial charge in [-0.2, -0.15) is 0 Å². The number of likely N-dealkylation sites (N-methyl/N-ethyl adjacent to an activating group) is 1. The molecule has 1 N–H and O–H groups in total. The normalized spacial score (nSPS) is 11.5. The molecule has 5 nitrogen and oxygen atoms in total. The Balaban J connectivity index is 1.91. The van der Waals surface area contributed by atoms with Crippen molar-refractivity contribution in [1.82, 2.24) is 10.2 Å². The predicted octanol–water partition coefficient (Wildman–Crippen LogP) is 5.07. The van der Waals surface area contributed by atoms with Gasteiger partial charge < -0.3 is 15.0 Å². The van der Waals surface area contributed by atoms with E-state index >= 15 is 0 Å². The second-order valence-electron chi connectivity index (χ2n) is 7.63. The minimum Gasteiger partial charge on any atom is -0.484 e. The van der Waals surface area contributed by atoms with Gasteiger partial charge in [-0.1, -0.05) is 77.8 Å². The van der Waals surface area contributed by atoms with Crippen LogP contribution in [0.5, 0.6) is 5.75 Å². The maximum atomic E-state index is 13.4. The largest absolute Gasteiger partial charge is 0.484 e. The molecule has 33 heavy (non-hydrogen) atoms. The zero-order chi connectivity index (χ0) is 23.8. The summed E-state index contributed by atoms with van der Waals surface area (Å²) in [5, 5.41) is 3.61. The molecule has 3 aromatic carbocycles. The van der Waals surface area contributed by atoms with Crippen LogP contribution in [-0.2, 0) is 22.6 Å². The van der Waals surface area contributed by atoms with Crippen molar-refractivity contribution in [3.05, 3.63) is 99.5 Å². The lowest BCUT2D eigenvalue weighted by Crippen LogP contribution is -2.51. The van der Waals surface area contributed by atoms with Crippen molar-refractivity contribution in [2.45, 2.75) is 25.9 Å². The minimum absolute atomic E-state index is 0.136. The number of aryl methyl sites for hydroxylation is 1. The summed E-state index contributed by atoms with van der Waals surface area (Å²) in [5.41, 5.74) is 2.54. The number of hydrogen-bond donors (Lipinski definition) is 1. The van der Waals surface area contributed by atoms with Crippen molar-refractivity contribution in [3.63, 3.8) is 0 Å². The Morgan fingerprint density at radius 2 is 1.70 bits per heavy atom. The van der Waals surface area contributed by atoms with E-state index in [4.69, 9.17) is 27.9 Å². The molecule has 7 heteroatoms. The van der Waals surface area contributed by atoms with Crippen molar-refractivity contribution in [2.75, 3.05) is 13.7 Å². The number of hydrogen-bond acceptors (Lipinski definition) is 3. The van der Waals surface area contributed by atoms with Crippen molar-refractivity contribution >= 4 is 35.0 Å². The number of rotatable bonds is 9. The molecule has 0 aliphatic rings. The van der Waals surface area contributed by atoms with Crippen molar-refractivity contribution in [3.8, 4) is 5.75 Å². The van der Waals surface area contributed by atoms with E-state index in [-0.39, 0.29) is 25.0 Å². The van der Waals surface area contributed by atoms with E-state index in [0.29, 0.717) is 27.8 Å². The molecule has 0 aromatic heterocycles. The lowest BCUT2D eigenvalue weighted by molar-refractivity contribution is -0.142. The second-order valence-corrected chi connectivity index (χ2v) is 8.47. The van der Waals surface area contributed by atoms with Crippen LogP contribution in [-0.4, -0.2) is 36.4 Å². The van der Waals surface area contributed by atoms with Crippen LogP contribution in [0.1, 0.15) is 16.7 Å². The molecule has 2 amide bonds. The molecule has 172 valence electrons. The van der Waals surface area contributed by atoms with E-state index in [1.165, 1.54) is 4.90 Å². The van der Waals surface area contributed by atoms with Gasteiger partial charge in [0.2, 0.25) is 5.91 Å². The first-order valence-corrected chi connectivity index (χ1v) is 11.3. The summed E-state index contributed by atoms with van der Waals surface area (Å²) in [6.45, 7) is 1.84. The summed E-state index contributed by atoms with van der Waals surface area (Å²) in [6, 6.07) is 21.4. The summed E-state index contributed by atoms with van der Waals surface area (Å²) >= 11 is 12.4. The van der Waals surface area contributed by atoms with Gasteiger partial charge >= 0.3 is 0 Å². The number of carbonyl (C=O) groups is 2. The zero-order valence-corrected chi connectivity index (χ0v) is 20.1. The van der Waals surface area contributed by atoms with Gasteiger partial charge in [0.25, 0.3) is 5.91 Å². The first-order chi connectivity index (χ1) is 15.9. The van der Waals surface area contributed by atoms with Crippen LogP contribution in [0.15, 0.2) is 72.8 Å². The van der Waals surface area contributed by atoms with Crippen molar-refractivity contribution < 1.29 is 14.3 Å². The number of para-hydroxylation sites is 1. The monoisotopic (exact) mass is 484 g/mol. The Bertz CT molecular complexity index is 1110. The fourth-order valence-electron chi connectivity index (χ4n) is 3.49. The quantitative estimate of drug-likeness (QED) is 0.461. The van der Waals surface area contributed by atoms with Crippen molar-refractivity contribution in [2.24, 2.45) is 0 Å². The van der Waals surface area contributed by atoms with E-state index in [1.807, 2.05) is 61.5 Å². The van der Waals surface area contributed by atoms with Gasteiger partial charge in [0, 0.05) is 30.1 Å². The number of nitrogens with one attached hydrogen (secondary N) is 1. The van der Waals surface area contributed by atoms with Crippen LogP contribution in [0.4, 0.5) is 0 Å². The fraction of sp³-hybridized carbons (Fsp3) is 0.231. The van der Waals surface area contributed by atoms with Gasteiger partial charge in [0.1, 0.15) is 11.8 Å². The Hall–Kier alpha value is -3.02. The van der Waals surface area contributed by atoms with E-state index < -0.39 is 6.04 Å². The van der Waals surface area contributed by atoms with Crippen LogP contribution in [0.3, 0.4) is 0 Å². The number of amides is 2. The molecule has 0 unspecified atom stereocenters. The maximum absolute atomic E-state index is 13.4. The third kappa shape index (κ3) is 6.73. The summed E-state index contributed by atoms with van der Waals surface area (Å²) in [7, 11) is 1.56. The van der Waals surface area contributed by atoms with Crippen molar-refractivity contribution in [1.29, 1.82) is 0 Å². The number of nitrogens with zero attached hydrogens (tertiary/aromatic N) is 1. The maximum Gasteiger partial charge on any atom is 0.261 e. The molecular weight excluding hydrogens is 459 g/mol. The molecule has 0 radical (unpaired) electrons. The average Bonchev–Trinajstić information content (AvgIpc) is 2.82. The highest BCUT2D eigenvalue weighted by atomic mass is 35.5. The molecule has 0 saturated heterocycles. The molecule has 0 spiro atoms. The highest BCUT2D eigenvalue weighted by Gasteiger charge is 2.30. The molecule has 0 fully saturated rings. The van der Waals surface area contributed by atoms with E-state index in [9.17, 15) is 9.59 Å². The fourth-order valence-corrected chi connectivity index (χ4v) is 3.96. The number of carbonyl (C=O) groups excluding carboxylic acids is 2. The SMILES string of the molecule is CNC(=O)[C@H](Cc1ccccc1)N(Cc1ccc(Cl)cc1Cl)C(=O)COc1ccccc1C. The standard InChI is InChI=1S/C26H26Cl2N2O3/c1-18-8-6-7-11-24(18)33-17-25(31)30(16-20-12-13-21(27)15-22(20)28)23(26(32)29-2)14-19-9-4-3-5-10-19/h3-13,15,23H,14,16-17H2,1-2H3,(H,29,32)/t23-/m0/s1. The van der Waals surface area contributed by atoms with Gasteiger partial charge in [-0.3, -0.25) is 9.59 Å². The van der Waals surface area contributed by atoms with Crippen LogP contribution in [0, 0.1) is 6.92 Å². The summed E-state index contributed by atoms with van der Waals surface area (Å²) in [4.78, 5) is 27.8. The topological polar surface area (TPSA) is 58.6 Å². The summed E-state index contributed by atoms with van der Waals surface area (Å²) < 4.78 is 5.80. The van der Waals surface area contributed by atoms with Gasteiger partial charge in [-0.05, 0) is 41.8 Å². The Labute approximate surface area is 204 Å². The van der Waals surface area contributed by atoms with Crippen LogP contribution in [0.25, 0.3) is 0 Å². The number of ether oxygens (including phenoxy) is 1. The first-order valence-electron chi connectivity index (χ1n) is 10.6. The van der Waals surface area contributed by atoms with Gasteiger partial charge in [0.05, 0.1) is 0 Å². The number of benzene rings is 3. The Morgan fingerprint density at radius 1 is 1.00 bits per heavy atom. The average molecular weight is 485 g/mol. The summed E-state index contributed by atoms with van der Waals surface area (Å²) in [6.07, 6.45) is 0.349. The lowest BCUT2D eigenvalue weighted by atomic mass is 10.0. The highest BCUT2D eigenvalue weighted by molar-refractivity contribution is 6.35. The lowest BCUT2D eigenvalue weighted by Gasteiger charge is -2.31. The van der Waals surface area contributed by atoms with Gasteiger partial charge in [-0.15, -0.1) is 0 Å². The zero-order valence-electron chi connectivity index (χ0n) is 18.6. The number of halogens is 2. The Kier molecular flexibility index (Phi) is 8.75. The molecule has 0 aliphatic carbocycles. The van der Waals surface area contributed by atoms with Crippen LogP contribution >= 0.6 is 23.2 Å².